The first-order chi connectivity index (χ1) is 10.0. The van der Waals surface area contributed by atoms with E-state index in [9.17, 15) is 9.59 Å². The van der Waals surface area contributed by atoms with Gasteiger partial charge in [0.25, 0.3) is 5.91 Å². The molecule has 1 saturated heterocycles. The van der Waals surface area contributed by atoms with Crippen LogP contribution in [-0.4, -0.2) is 61.5 Å². The van der Waals surface area contributed by atoms with Crippen molar-refractivity contribution in [3.05, 3.63) is 28.2 Å². The smallest absolute Gasteiger partial charge is 0.254 e. The van der Waals surface area contributed by atoms with Crippen LogP contribution in [0.3, 0.4) is 0 Å². The fraction of sp³-hybridized carbons (Fsp3) is 0.429. The minimum absolute atomic E-state index is 0.0418. The number of nitrogens with zero attached hydrogens (tertiary/aromatic N) is 2. The lowest BCUT2D eigenvalue weighted by Crippen LogP contribution is -2.51. The maximum absolute atomic E-state index is 12.4. The van der Waals surface area contributed by atoms with Gasteiger partial charge in [0.1, 0.15) is 6.61 Å². The summed E-state index contributed by atoms with van der Waals surface area (Å²) in [7, 11) is 1.50. The van der Waals surface area contributed by atoms with Gasteiger partial charge >= 0.3 is 0 Å². The third-order valence-corrected chi connectivity index (χ3v) is 4.12. The van der Waals surface area contributed by atoms with Crippen LogP contribution >= 0.6 is 15.9 Å². The molecule has 21 heavy (non-hydrogen) atoms. The van der Waals surface area contributed by atoms with E-state index in [0.717, 1.165) is 0 Å². The van der Waals surface area contributed by atoms with E-state index in [1.165, 1.54) is 7.11 Å². The number of ether oxygens (including phenoxy) is 1. The summed E-state index contributed by atoms with van der Waals surface area (Å²) in [4.78, 5) is 27.6. The minimum atomic E-state index is -0.0467. The van der Waals surface area contributed by atoms with Gasteiger partial charge in [-0.15, -0.1) is 0 Å². The van der Waals surface area contributed by atoms with Gasteiger partial charge in [-0.3, -0.25) is 9.59 Å². The molecule has 1 heterocycles. The highest BCUT2D eigenvalue weighted by atomic mass is 79.9. The second-order valence-electron chi connectivity index (χ2n) is 4.84. The maximum atomic E-state index is 12.4. The highest BCUT2D eigenvalue weighted by Gasteiger charge is 2.24. The number of rotatable bonds is 3. The maximum Gasteiger partial charge on any atom is 0.254 e. The third kappa shape index (κ3) is 3.74. The molecule has 2 rings (SSSR count). The third-order valence-electron chi connectivity index (χ3n) is 3.43. The van der Waals surface area contributed by atoms with E-state index in [1.807, 2.05) is 0 Å². The Morgan fingerprint density at radius 1 is 1.24 bits per heavy atom. The number of amides is 2. The largest absolute Gasteiger partial charge is 0.398 e. The van der Waals surface area contributed by atoms with Crippen molar-refractivity contribution in [1.29, 1.82) is 0 Å². The Bertz CT molecular complexity index is 542. The number of hydrogen-bond donors (Lipinski definition) is 1. The van der Waals surface area contributed by atoms with Gasteiger partial charge in [0.2, 0.25) is 5.91 Å². The van der Waals surface area contributed by atoms with Crippen molar-refractivity contribution in [2.75, 3.05) is 45.6 Å². The van der Waals surface area contributed by atoms with Crippen LogP contribution in [-0.2, 0) is 9.53 Å². The Hall–Kier alpha value is -1.60. The number of carbonyl (C=O) groups excluding carboxylic acids is 2. The molecule has 1 aromatic carbocycles. The Balaban J connectivity index is 1.97. The van der Waals surface area contributed by atoms with Gasteiger partial charge in [-0.1, -0.05) is 0 Å². The van der Waals surface area contributed by atoms with Gasteiger partial charge in [-0.2, -0.15) is 0 Å². The van der Waals surface area contributed by atoms with E-state index in [0.29, 0.717) is 41.9 Å². The zero-order valence-electron chi connectivity index (χ0n) is 11.8. The molecule has 0 saturated carbocycles. The van der Waals surface area contributed by atoms with Crippen molar-refractivity contribution in [2.24, 2.45) is 0 Å². The molecule has 6 nitrogen and oxygen atoms in total. The minimum Gasteiger partial charge on any atom is -0.398 e. The molecule has 2 amide bonds. The molecule has 0 radical (unpaired) electrons. The summed E-state index contributed by atoms with van der Waals surface area (Å²) in [6.07, 6.45) is 0. The fourth-order valence-corrected chi connectivity index (χ4v) is 2.60. The highest BCUT2D eigenvalue weighted by molar-refractivity contribution is 9.10. The Morgan fingerprint density at radius 3 is 2.43 bits per heavy atom. The van der Waals surface area contributed by atoms with Gasteiger partial charge in [-0.25, -0.2) is 0 Å². The van der Waals surface area contributed by atoms with Crippen molar-refractivity contribution in [1.82, 2.24) is 9.80 Å². The summed E-state index contributed by atoms with van der Waals surface area (Å²) in [6, 6.07) is 5.14. The summed E-state index contributed by atoms with van der Waals surface area (Å²) in [5.74, 6) is -0.0885. The second kappa shape index (κ2) is 6.91. The van der Waals surface area contributed by atoms with Gasteiger partial charge in [-0.05, 0) is 34.1 Å². The van der Waals surface area contributed by atoms with Gasteiger partial charge < -0.3 is 20.3 Å². The monoisotopic (exact) mass is 355 g/mol. The van der Waals surface area contributed by atoms with Crippen LogP contribution in [0.4, 0.5) is 5.69 Å². The molecule has 1 aromatic rings. The second-order valence-corrected chi connectivity index (χ2v) is 5.70. The molecule has 0 aliphatic carbocycles. The quantitative estimate of drug-likeness (QED) is 0.819. The van der Waals surface area contributed by atoms with Crippen LogP contribution in [0, 0.1) is 0 Å². The number of anilines is 1. The standard InChI is InChI=1S/C14H18BrN3O3/c1-21-9-13(19)17-4-6-18(7-5-17)14(20)10-2-3-12(16)11(15)8-10/h2-3,8H,4-7,9,16H2,1H3. The van der Waals surface area contributed by atoms with Crippen molar-refractivity contribution in [2.45, 2.75) is 0 Å². The summed E-state index contributed by atoms with van der Waals surface area (Å²) in [5, 5.41) is 0. The zero-order chi connectivity index (χ0) is 15.4. The predicted molar refractivity (Wildman–Crippen MR) is 82.9 cm³/mol. The van der Waals surface area contributed by atoms with Gasteiger partial charge in [0.05, 0.1) is 0 Å². The number of hydrogen-bond acceptors (Lipinski definition) is 4. The van der Waals surface area contributed by atoms with E-state index in [1.54, 1.807) is 28.0 Å². The number of piperazine rings is 1. The Labute approximate surface area is 132 Å². The molecule has 7 heteroatoms. The first kappa shape index (κ1) is 15.8. The molecule has 0 unspecified atom stereocenters. The van der Waals surface area contributed by atoms with Crippen LogP contribution in [0.5, 0.6) is 0 Å². The zero-order valence-corrected chi connectivity index (χ0v) is 13.4. The molecule has 1 fully saturated rings. The molecule has 0 spiro atoms. The number of nitrogen functional groups attached to an aromatic ring is 1. The summed E-state index contributed by atoms with van der Waals surface area (Å²) in [6.45, 7) is 2.19. The lowest BCUT2D eigenvalue weighted by Gasteiger charge is -2.34. The highest BCUT2D eigenvalue weighted by Crippen LogP contribution is 2.21. The van der Waals surface area contributed by atoms with E-state index >= 15 is 0 Å². The SMILES string of the molecule is COCC(=O)N1CCN(C(=O)c2ccc(N)c(Br)c2)CC1. The lowest BCUT2D eigenvalue weighted by atomic mass is 10.1. The van der Waals surface area contributed by atoms with E-state index in [4.69, 9.17) is 10.5 Å². The van der Waals surface area contributed by atoms with E-state index in [2.05, 4.69) is 15.9 Å². The molecular formula is C14H18BrN3O3. The number of methoxy groups -OCH3 is 1. The number of carbonyl (C=O) groups is 2. The average Bonchev–Trinajstić information content (AvgIpc) is 2.50. The Morgan fingerprint density at radius 2 is 1.86 bits per heavy atom. The number of nitrogens with two attached hydrogens (primary N) is 1. The first-order valence-corrected chi connectivity index (χ1v) is 7.43. The summed E-state index contributed by atoms with van der Waals surface area (Å²) < 4.78 is 5.55. The molecule has 2 N–H and O–H groups in total. The van der Waals surface area contributed by atoms with Crippen molar-refractivity contribution >= 4 is 33.4 Å². The molecule has 0 atom stereocenters. The van der Waals surface area contributed by atoms with Crippen LogP contribution < -0.4 is 5.73 Å². The van der Waals surface area contributed by atoms with Crippen LogP contribution in [0.25, 0.3) is 0 Å². The summed E-state index contributed by atoms with van der Waals surface area (Å²) >= 11 is 3.32. The van der Waals surface area contributed by atoms with Crippen molar-refractivity contribution < 1.29 is 14.3 Å². The van der Waals surface area contributed by atoms with Crippen molar-refractivity contribution in [3.63, 3.8) is 0 Å². The first-order valence-electron chi connectivity index (χ1n) is 6.64. The van der Waals surface area contributed by atoms with Gasteiger partial charge in [0, 0.05) is 49.0 Å². The fourth-order valence-electron chi connectivity index (χ4n) is 2.22. The van der Waals surface area contributed by atoms with Crippen LogP contribution in [0.2, 0.25) is 0 Å². The topological polar surface area (TPSA) is 75.9 Å². The molecule has 0 aromatic heterocycles. The van der Waals surface area contributed by atoms with Gasteiger partial charge in [0.15, 0.2) is 0 Å². The molecule has 114 valence electrons. The lowest BCUT2D eigenvalue weighted by molar-refractivity contribution is -0.136. The number of halogens is 1. The van der Waals surface area contributed by atoms with E-state index < -0.39 is 0 Å². The number of benzene rings is 1. The van der Waals surface area contributed by atoms with Crippen molar-refractivity contribution in [3.8, 4) is 0 Å². The Kier molecular flexibility index (Phi) is 5.19. The van der Waals surface area contributed by atoms with E-state index in [-0.39, 0.29) is 18.4 Å². The van der Waals surface area contributed by atoms with Crippen LogP contribution in [0.15, 0.2) is 22.7 Å². The molecule has 1 aliphatic heterocycles. The molecule has 0 bridgehead atoms. The normalized spacial score (nSPS) is 15.1. The summed E-state index contributed by atoms with van der Waals surface area (Å²) in [5.41, 5.74) is 6.91. The van der Waals surface area contributed by atoms with Crippen LogP contribution in [0.1, 0.15) is 10.4 Å². The average molecular weight is 356 g/mol. The predicted octanol–water partition coefficient (Wildman–Crippen LogP) is 0.962. The molecular weight excluding hydrogens is 338 g/mol. The molecule has 1 aliphatic rings.